The molecule has 0 aromatic heterocycles. The minimum absolute atomic E-state index is 0.120. The quantitative estimate of drug-likeness (QED) is 0.766. The molecule has 1 fully saturated rings. The molecule has 1 saturated heterocycles. The van der Waals surface area contributed by atoms with Gasteiger partial charge in [-0.25, -0.2) is 0 Å². The Labute approximate surface area is 169 Å². The summed E-state index contributed by atoms with van der Waals surface area (Å²) in [6.45, 7) is 2.17. The summed E-state index contributed by atoms with van der Waals surface area (Å²) in [5.74, 6) is 0.986. The Morgan fingerprint density at radius 1 is 1.15 bits per heavy atom. The summed E-state index contributed by atoms with van der Waals surface area (Å²) in [6.07, 6.45) is 4.21. The number of rotatable bonds is 1. The van der Waals surface area contributed by atoms with Crippen molar-refractivity contribution in [1.82, 2.24) is 10.4 Å². The van der Waals surface area contributed by atoms with Crippen LogP contribution >= 0.6 is 23.2 Å². The molecule has 0 aliphatic carbocycles. The van der Waals surface area contributed by atoms with Crippen molar-refractivity contribution in [1.29, 1.82) is 0 Å². The van der Waals surface area contributed by atoms with Gasteiger partial charge in [0.1, 0.15) is 5.75 Å². The van der Waals surface area contributed by atoms with Gasteiger partial charge in [-0.1, -0.05) is 41.4 Å². The summed E-state index contributed by atoms with van der Waals surface area (Å²) in [4.78, 5) is 1.55. The van der Waals surface area contributed by atoms with Crippen molar-refractivity contribution in [2.45, 2.75) is 24.6 Å². The van der Waals surface area contributed by atoms with Crippen LogP contribution in [0.25, 0.3) is 5.70 Å². The number of para-hydroxylation sites is 1. The van der Waals surface area contributed by atoms with Crippen LogP contribution in [0.4, 0.5) is 0 Å². The van der Waals surface area contributed by atoms with Crippen LogP contribution < -0.4 is 15.1 Å². The first-order valence-electron chi connectivity index (χ1n) is 9.38. The molecule has 0 bridgehead atoms. The lowest BCUT2D eigenvalue weighted by molar-refractivity contribution is -0.888. The summed E-state index contributed by atoms with van der Waals surface area (Å²) < 4.78 is 6.62. The molecule has 2 aromatic carbocycles. The molecule has 0 radical (unpaired) electrons. The van der Waals surface area contributed by atoms with Crippen molar-refractivity contribution >= 4 is 28.9 Å². The fourth-order valence-electron chi connectivity index (χ4n) is 4.39. The van der Waals surface area contributed by atoms with E-state index in [1.54, 1.807) is 11.0 Å². The fourth-order valence-corrected chi connectivity index (χ4v) is 4.90. The minimum Gasteiger partial charge on any atom is -0.470 e. The lowest BCUT2D eigenvalue weighted by Gasteiger charge is -2.50. The molecule has 1 spiro atoms. The van der Waals surface area contributed by atoms with E-state index in [-0.39, 0.29) is 11.8 Å². The lowest BCUT2D eigenvalue weighted by atomic mass is 9.93. The second-order valence-electron chi connectivity index (χ2n) is 7.67. The van der Waals surface area contributed by atoms with Crippen molar-refractivity contribution in [2.75, 3.05) is 20.1 Å². The van der Waals surface area contributed by atoms with Crippen LogP contribution in [0.1, 0.15) is 30.0 Å². The molecule has 27 heavy (non-hydrogen) atoms. The number of ether oxygens (including phenoxy) is 1. The normalized spacial score (nSPS) is 29.5. The van der Waals surface area contributed by atoms with E-state index in [0.29, 0.717) is 10.0 Å². The molecular formula is C21H22Cl2N3O+. The van der Waals surface area contributed by atoms with E-state index in [0.717, 1.165) is 42.9 Å². The van der Waals surface area contributed by atoms with Crippen LogP contribution in [0.3, 0.4) is 0 Å². The van der Waals surface area contributed by atoms with Crippen LogP contribution in [-0.2, 0) is 0 Å². The zero-order valence-corrected chi connectivity index (χ0v) is 16.6. The number of hydrazine groups is 1. The van der Waals surface area contributed by atoms with Crippen LogP contribution in [0, 0.1) is 0 Å². The van der Waals surface area contributed by atoms with Crippen LogP contribution in [-0.4, -0.2) is 30.9 Å². The molecule has 3 aliphatic heterocycles. The number of fused-ring (bicyclic) bond motifs is 4. The van der Waals surface area contributed by atoms with Gasteiger partial charge >= 0.3 is 0 Å². The number of benzene rings is 2. The van der Waals surface area contributed by atoms with Crippen molar-refractivity contribution in [2.24, 2.45) is 0 Å². The molecule has 140 valence electrons. The van der Waals surface area contributed by atoms with E-state index in [1.165, 1.54) is 5.56 Å². The third kappa shape index (κ3) is 2.83. The number of hydrogen-bond donors (Lipinski definition) is 2. The zero-order chi connectivity index (χ0) is 18.6. The Balaban J connectivity index is 1.58. The van der Waals surface area contributed by atoms with Crippen molar-refractivity contribution in [3.63, 3.8) is 0 Å². The molecule has 4 nitrogen and oxygen atoms in total. The fraction of sp³-hybridized carbons (Fsp3) is 0.333. The standard InChI is InChI=1S/C21H21Cl2N3O/c1-25-10-8-21(9-11-25)26-19(16-4-2-3-5-20(16)27-21)13-18(24-26)15-7-6-14(22)12-17(15)23/h2-7,12-13,19,24H,8-11H2,1H3/p+1/t19-/m0/s1. The predicted molar refractivity (Wildman–Crippen MR) is 108 cm³/mol. The van der Waals surface area contributed by atoms with Crippen molar-refractivity contribution in [3.8, 4) is 5.75 Å². The summed E-state index contributed by atoms with van der Waals surface area (Å²) in [7, 11) is 2.25. The third-order valence-electron chi connectivity index (χ3n) is 5.93. The largest absolute Gasteiger partial charge is 0.470 e. The molecule has 0 amide bonds. The highest BCUT2D eigenvalue weighted by molar-refractivity contribution is 6.35. The van der Waals surface area contributed by atoms with E-state index in [1.807, 2.05) is 18.2 Å². The second kappa shape index (κ2) is 6.42. The molecule has 2 aromatic rings. The van der Waals surface area contributed by atoms with Crippen LogP contribution in [0.5, 0.6) is 5.75 Å². The van der Waals surface area contributed by atoms with E-state index in [4.69, 9.17) is 27.9 Å². The highest BCUT2D eigenvalue weighted by Crippen LogP contribution is 2.48. The lowest BCUT2D eigenvalue weighted by Crippen LogP contribution is -3.11. The van der Waals surface area contributed by atoms with E-state index in [9.17, 15) is 0 Å². The average Bonchev–Trinajstić information content (AvgIpc) is 3.11. The Bertz CT molecular complexity index is 921. The number of hydrogen-bond acceptors (Lipinski definition) is 3. The predicted octanol–water partition coefficient (Wildman–Crippen LogP) is 3.29. The van der Waals surface area contributed by atoms with E-state index >= 15 is 0 Å². The van der Waals surface area contributed by atoms with Crippen molar-refractivity contribution in [3.05, 3.63) is 69.7 Å². The van der Waals surface area contributed by atoms with Gasteiger partial charge in [0.05, 0.1) is 49.7 Å². The van der Waals surface area contributed by atoms with Gasteiger partial charge in [-0.05, 0) is 30.3 Å². The van der Waals surface area contributed by atoms with E-state index < -0.39 is 0 Å². The minimum atomic E-state index is -0.338. The summed E-state index contributed by atoms with van der Waals surface area (Å²) in [5.41, 5.74) is 6.43. The Kier molecular flexibility index (Phi) is 4.13. The maximum atomic E-state index is 6.62. The Hall–Kier alpha value is -1.72. The zero-order valence-electron chi connectivity index (χ0n) is 15.1. The van der Waals surface area contributed by atoms with Gasteiger partial charge in [0.15, 0.2) is 5.72 Å². The Morgan fingerprint density at radius 3 is 2.70 bits per heavy atom. The molecule has 5 rings (SSSR count). The van der Waals surface area contributed by atoms with Gasteiger partial charge in [-0.15, -0.1) is 0 Å². The number of halogens is 2. The monoisotopic (exact) mass is 402 g/mol. The number of piperidine rings is 1. The average molecular weight is 403 g/mol. The maximum absolute atomic E-state index is 6.62. The molecule has 2 N–H and O–H groups in total. The number of nitrogens with zero attached hydrogens (tertiary/aromatic N) is 1. The van der Waals surface area contributed by atoms with Gasteiger partial charge in [0.25, 0.3) is 0 Å². The van der Waals surface area contributed by atoms with E-state index in [2.05, 4.69) is 41.8 Å². The number of likely N-dealkylation sites (tertiary alicyclic amines) is 1. The molecule has 6 heteroatoms. The molecule has 0 unspecified atom stereocenters. The first kappa shape index (κ1) is 17.4. The van der Waals surface area contributed by atoms with Gasteiger partial charge < -0.3 is 15.1 Å². The second-order valence-corrected chi connectivity index (χ2v) is 8.52. The van der Waals surface area contributed by atoms with Gasteiger partial charge in [0.2, 0.25) is 0 Å². The SMILES string of the molecule is C[NH+]1CCC2(CC1)Oc1ccccc1[C@@H]1C=C(c3ccc(Cl)cc3Cl)NN12. The first-order chi connectivity index (χ1) is 13.1. The maximum Gasteiger partial charge on any atom is 0.191 e. The molecule has 3 aliphatic rings. The number of quaternary nitrogens is 1. The molecular weight excluding hydrogens is 381 g/mol. The smallest absolute Gasteiger partial charge is 0.191 e. The third-order valence-corrected chi connectivity index (χ3v) is 6.47. The van der Waals surface area contributed by atoms with Gasteiger partial charge in [0, 0.05) is 16.1 Å². The van der Waals surface area contributed by atoms with Gasteiger partial charge in [-0.3, -0.25) is 0 Å². The highest BCUT2D eigenvalue weighted by Gasteiger charge is 2.52. The summed E-state index contributed by atoms with van der Waals surface area (Å²) in [5, 5.41) is 3.59. The first-order valence-corrected chi connectivity index (χ1v) is 10.1. The number of nitrogens with one attached hydrogen (secondary N) is 2. The summed E-state index contributed by atoms with van der Waals surface area (Å²) >= 11 is 12.6. The van der Waals surface area contributed by atoms with Crippen LogP contribution in [0.15, 0.2) is 48.5 Å². The molecule has 3 heterocycles. The van der Waals surface area contributed by atoms with Crippen molar-refractivity contribution < 1.29 is 9.64 Å². The molecule has 1 atom stereocenters. The topological polar surface area (TPSA) is 28.9 Å². The summed E-state index contributed by atoms with van der Waals surface area (Å²) in [6, 6.07) is 14.1. The molecule has 0 saturated carbocycles. The Morgan fingerprint density at radius 2 is 1.93 bits per heavy atom. The van der Waals surface area contributed by atoms with Gasteiger partial charge in [-0.2, -0.15) is 5.01 Å². The highest BCUT2D eigenvalue weighted by atomic mass is 35.5. The van der Waals surface area contributed by atoms with Crippen LogP contribution in [0.2, 0.25) is 10.0 Å².